The van der Waals surface area contributed by atoms with E-state index in [4.69, 9.17) is 5.73 Å². The molecule has 0 spiro atoms. The number of carbonyl (C=O) groups is 1. The van der Waals surface area contributed by atoms with Crippen LogP contribution in [-0.4, -0.2) is 37.8 Å². The molecule has 0 bridgehead atoms. The number of benzene rings is 1. The van der Waals surface area contributed by atoms with Crippen molar-refractivity contribution in [1.29, 1.82) is 0 Å². The fourth-order valence-electron chi connectivity index (χ4n) is 3.05. The summed E-state index contributed by atoms with van der Waals surface area (Å²) in [6, 6.07) is 4.41. The lowest BCUT2D eigenvalue weighted by Gasteiger charge is -2.21. The summed E-state index contributed by atoms with van der Waals surface area (Å²) in [6.45, 7) is 4.85. The van der Waals surface area contributed by atoms with Crippen molar-refractivity contribution >= 4 is 34.0 Å². The summed E-state index contributed by atoms with van der Waals surface area (Å²) < 4.78 is 27.6. The average molecular weight is 404 g/mol. The van der Waals surface area contributed by atoms with Crippen molar-refractivity contribution in [2.75, 3.05) is 18.4 Å². The molecule has 1 fully saturated rings. The zero-order valence-corrected chi connectivity index (χ0v) is 17.2. The number of rotatable bonds is 6. The molecular weight excluding hydrogens is 374 g/mol. The van der Waals surface area contributed by atoms with Crippen molar-refractivity contribution in [3.8, 4) is 0 Å². The Morgan fingerprint density at radius 2 is 1.85 bits per heavy atom. The SMILES string of the molecule is CCCC(N)C(=O)Nc1ccc(C)c(S(=O)(=O)N2CCCCCC2)c1.Cl. The van der Waals surface area contributed by atoms with Crippen LogP contribution in [0, 0.1) is 6.92 Å². The molecule has 0 aromatic heterocycles. The smallest absolute Gasteiger partial charge is 0.243 e. The Hall–Kier alpha value is -1.15. The zero-order chi connectivity index (χ0) is 18.4. The van der Waals surface area contributed by atoms with Gasteiger partial charge in [0.05, 0.1) is 10.9 Å². The van der Waals surface area contributed by atoms with E-state index in [9.17, 15) is 13.2 Å². The van der Waals surface area contributed by atoms with Crippen LogP contribution in [0.4, 0.5) is 5.69 Å². The fraction of sp³-hybridized carbons (Fsp3) is 0.611. The molecule has 3 N–H and O–H groups in total. The second kappa shape index (κ2) is 10.3. The van der Waals surface area contributed by atoms with Crippen LogP contribution < -0.4 is 11.1 Å². The minimum absolute atomic E-state index is 0. The zero-order valence-electron chi connectivity index (χ0n) is 15.5. The van der Waals surface area contributed by atoms with E-state index >= 15 is 0 Å². The molecule has 148 valence electrons. The van der Waals surface area contributed by atoms with Crippen molar-refractivity contribution in [3.63, 3.8) is 0 Å². The first-order chi connectivity index (χ1) is 11.9. The maximum Gasteiger partial charge on any atom is 0.243 e. The summed E-state index contributed by atoms with van der Waals surface area (Å²) in [5.74, 6) is -0.288. The minimum atomic E-state index is -3.55. The molecule has 1 aliphatic rings. The number of nitrogens with two attached hydrogens (primary N) is 1. The van der Waals surface area contributed by atoms with Gasteiger partial charge in [-0.25, -0.2) is 8.42 Å². The van der Waals surface area contributed by atoms with Gasteiger partial charge in [-0.1, -0.05) is 32.3 Å². The summed E-state index contributed by atoms with van der Waals surface area (Å²) >= 11 is 0. The number of aryl methyl sites for hydroxylation is 1. The van der Waals surface area contributed by atoms with Crippen LogP contribution in [-0.2, 0) is 14.8 Å². The highest BCUT2D eigenvalue weighted by Gasteiger charge is 2.27. The van der Waals surface area contributed by atoms with E-state index in [2.05, 4.69) is 5.32 Å². The molecule has 1 unspecified atom stereocenters. The third-order valence-corrected chi connectivity index (χ3v) is 6.62. The Labute approximate surface area is 163 Å². The molecular formula is C18H30ClN3O3S. The molecule has 1 saturated heterocycles. The van der Waals surface area contributed by atoms with Crippen molar-refractivity contribution < 1.29 is 13.2 Å². The Bertz CT molecular complexity index is 702. The average Bonchev–Trinajstić information content (AvgIpc) is 2.86. The monoisotopic (exact) mass is 403 g/mol. The normalized spacial score (nSPS) is 17.0. The maximum atomic E-state index is 13.0. The van der Waals surface area contributed by atoms with E-state index in [1.54, 1.807) is 29.4 Å². The largest absolute Gasteiger partial charge is 0.325 e. The Kier molecular flexibility index (Phi) is 9.03. The van der Waals surface area contributed by atoms with Crippen LogP contribution in [0.15, 0.2) is 23.1 Å². The molecule has 8 heteroatoms. The molecule has 0 radical (unpaired) electrons. The van der Waals surface area contributed by atoms with Gasteiger partial charge in [-0.05, 0) is 43.9 Å². The van der Waals surface area contributed by atoms with Crippen LogP contribution in [0.3, 0.4) is 0 Å². The molecule has 1 aromatic carbocycles. The lowest BCUT2D eigenvalue weighted by atomic mass is 10.1. The first kappa shape index (κ1) is 22.9. The molecule has 1 aliphatic heterocycles. The van der Waals surface area contributed by atoms with Crippen molar-refractivity contribution in [2.45, 2.75) is 63.3 Å². The van der Waals surface area contributed by atoms with Crippen LogP contribution >= 0.6 is 12.4 Å². The molecule has 26 heavy (non-hydrogen) atoms. The number of hydrogen-bond donors (Lipinski definition) is 2. The van der Waals surface area contributed by atoms with Crippen LogP contribution in [0.25, 0.3) is 0 Å². The first-order valence-corrected chi connectivity index (χ1v) is 10.5. The van der Waals surface area contributed by atoms with Crippen LogP contribution in [0.2, 0.25) is 0 Å². The number of nitrogens with zero attached hydrogens (tertiary/aromatic N) is 1. The van der Waals surface area contributed by atoms with Gasteiger partial charge >= 0.3 is 0 Å². The Balaban J connectivity index is 0.00000338. The van der Waals surface area contributed by atoms with Gasteiger partial charge in [0.25, 0.3) is 0 Å². The molecule has 1 heterocycles. The third-order valence-electron chi connectivity index (χ3n) is 4.57. The molecule has 1 atom stereocenters. The van der Waals surface area contributed by atoms with E-state index in [-0.39, 0.29) is 23.2 Å². The standard InChI is InChI=1S/C18H29N3O3S.ClH/c1-3-8-16(19)18(22)20-15-10-9-14(2)17(13-15)25(23,24)21-11-6-4-5-7-12-21;/h9-10,13,16H,3-8,11-12,19H2,1-2H3,(H,20,22);1H. The van der Waals surface area contributed by atoms with Gasteiger partial charge in [0.2, 0.25) is 15.9 Å². The number of nitrogens with one attached hydrogen (secondary N) is 1. The summed E-state index contributed by atoms with van der Waals surface area (Å²) in [4.78, 5) is 12.4. The van der Waals surface area contributed by atoms with Gasteiger partial charge in [0, 0.05) is 18.8 Å². The highest BCUT2D eigenvalue weighted by atomic mass is 35.5. The van der Waals surface area contributed by atoms with E-state index in [1.807, 2.05) is 6.92 Å². The lowest BCUT2D eigenvalue weighted by molar-refractivity contribution is -0.117. The number of halogens is 1. The predicted molar refractivity (Wildman–Crippen MR) is 107 cm³/mol. The number of hydrogen-bond acceptors (Lipinski definition) is 4. The molecule has 6 nitrogen and oxygen atoms in total. The van der Waals surface area contributed by atoms with Gasteiger partial charge in [0.15, 0.2) is 0 Å². The van der Waals surface area contributed by atoms with Gasteiger partial charge in [-0.15, -0.1) is 12.4 Å². The Morgan fingerprint density at radius 3 is 2.42 bits per heavy atom. The van der Waals surface area contributed by atoms with Crippen LogP contribution in [0.1, 0.15) is 51.0 Å². The van der Waals surface area contributed by atoms with Crippen molar-refractivity contribution in [3.05, 3.63) is 23.8 Å². The van der Waals surface area contributed by atoms with E-state index in [1.165, 1.54) is 0 Å². The number of sulfonamides is 1. The van der Waals surface area contributed by atoms with E-state index < -0.39 is 16.1 Å². The van der Waals surface area contributed by atoms with Gasteiger partial charge in [0.1, 0.15) is 0 Å². The Morgan fingerprint density at radius 1 is 1.23 bits per heavy atom. The number of carbonyl (C=O) groups excluding carboxylic acids is 1. The first-order valence-electron chi connectivity index (χ1n) is 9.03. The van der Waals surface area contributed by atoms with Gasteiger partial charge in [-0.3, -0.25) is 4.79 Å². The summed E-state index contributed by atoms with van der Waals surface area (Å²) in [7, 11) is -3.55. The second-order valence-electron chi connectivity index (χ2n) is 6.68. The highest BCUT2D eigenvalue weighted by molar-refractivity contribution is 7.89. The van der Waals surface area contributed by atoms with Gasteiger partial charge < -0.3 is 11.1 Å². The van der Waals surface area contributed by atoms with Crippen LogP contribution in [0.5, 0.6) is 0 Å². The molecule has 0 saturated carbocycles. The lowest BCUT2D eigenvalue weighted by Crippen LogP contribution is -2.35. The number of anilines is 1. The molecule has 1 amide bonds. The topological polar surface area (TPSA) is 92.5 Å². The molecule has 2 rings (SSSR count). The minimum Gasteiger partial charge on any atom is -0.325 e. The summed E-state index contributed by atoms with van der Waals surface area (Å²) in [5, 5.41) is 2.73. The maximum absolute atomic E-state index is 13.0. The van der Waals surface area contributed by atoms with Crippen molar-refractivity contribution in [2.24, 2.45) is 5.73 Å². The number of amides is 1. The van der Waals surface area contributed by atoms with E-state index in [0.29, 0.717) is 30.8 Å². The third kappa shape index (κ3) is 5.67. The predicted octanol–water partition coefficient (Wildman–Crippen LogP) is 3.05. The van der Waals surface area contributed by atoms with Crippen molar-refractivity contribution in [1.82, 2.24) is 4.31 Å². The van der Waals surface area contributed by atoms with Gasteiger partial charge in [-0.2, -0.15) is 4.31 Å². The molecule has 0 aliphatic carbocycles. The summed E-state index contributed by atoms with van der Waals surface area (Å²) in [5.41, 5.74) is 6.97. The van der Waals surface area contributed by atoms with E-state index in [0.717, 1.165) is 32.1 Å². The summed E-state index contributed by atoms with van der Waals surface area (Å²) in [6.07, 6.45) is 5.32. The fourth-order valence-corrected chi connectivity index (χ4v) is 4.82. The second-order valence-corrected chi connectivity index (χ2v) is 8.59. The highest BCUT2D eigenvalue weighted by Crippen LogP contribution is 2.26. The molecule has 1 aromatic rings. The quantitative estimate of drug-likeness (QED) is 0.763.